The number of halogens is 1. The summed E-state index contributed by atoms with van der Waals surface area (Å²) in [6.45, 7) is 1.76. The van der Waals surface area contributed by atoms with Gasteiger partial charge in [0.05, 0.1) is 17.3 Å². The van der Waals surface area contributed by atoms with E-state index in [0.29, 0.717) is 21.3 Å². The Kier molecular flexibility index (Phi) is 5.00. The van der Waals surface area contributed by atoms with Crippen LogP contribution in [0.4, 0.5) is 10.5 Å². The lowest BCUT2D eigenvalue weighted by molar-refractivity contribution is -0.122. The van der Waals surface area contributed by atoms with Gasteiger partial charge in [-0.15, -0.1) is 0 Å². The van der Waals surface area contributed by atoms with Crippen LogP contribution in [0.25, 0.3) is 6.08 Å². The summed E-state index contributed by atoms with van der Waals surface area (Å²) in [5.74, 6) is -1.46. The smallest absolute Gasteiger partial charge is 0.335 e. The number of hydrogen-bond donors (Lipinski definition) is 2. The number of benzene rings is 2. The minimum atomic E-state index is -0.805. The maximum Gasteiger partial charge on any atom is 0.335 e. The molecule has 0 bridgehead atoms. The topological polar surface area (TPSA) is 95.9 Å². The van der Waals surface area contributed by atoms with E-state index in [9.17, 15) is 19.5 Å². The fraction of sp³-hybridized carbons (Fsp3) is 0.105. The molecular formula is C19H15BrN2O5. The van der Waals surface area contributed by atoms with Crippen LogP contribution in [-0.4, -0.2) is 30.1 Å². The van der Waals surface area contributed by atoms with Crippen LogP contribution in [0.5, 0.6) is 11.5 Å². The molecule has 0 aliphatic carbocycles. The van der Waals surface area contributed by atoms with Crippen molar-refractivity contribution in [2.75, 3.05) is 12.0 Å². The van der Waals surface area contributed by atoms with Crippen LogP contribution in [0.3, 0.4) is 0 Å². The summed E-state index contributed by atoms with van der Waals surface area (Å²) < 4.78 is 5.41. The summed E-state index contributed by atoms with van der Waals surface area (Å²) in [6, 6.07) is 9.07. The maximum absolute atomic E-state index is 12.9. The highest BCUT2D eigenvalue weighted by atomic mass is 79.9. The third kappa shape index (κ3) is 3.43. The van der Waals surface area contributed by atoms with Gasteiger partial charge >= 0.3 is 6.03 Å². The number of phenolic OH excluding ortho intramolecular Hbond substituents is 1. The van der Waals surface area contributed by atoms with Crippen LogP contribution in [0, 0.1) is 6.92 Å². The average Bonchev–Trinajstić information content (AvgIpc) is 2.62. The first-order valence-electron chi connectivity index (χ1n) is 7.87. The molecule has 0 spiro atoms. The summed E-state index contributed by atoms with van der Waals surface area (Å²) in [6.07, 6.45) is 1.34. The number of phenols is 1. The van der Waals surface area contributed by atoms with Crippen molar-refractivity contribution in [3.63, 3.8) is 0 Å². The number of barbiturate groups is 1. The molecule has 1 heterocycles. The van der Waals surface area contributed by atoms with Gasteiger partial charge in [-0.3, -0.25) is 14.9 Å². The summed E-state index contributed by atoms with van der Waals surface area (Å²) in [7, 11) is 1.38. The van der Waals surface area contributed by atoms with Gasteiger partial charge in [-0.05, 0) is 58.3 Å². The van der Waals surface area contributed by atoms with Gasteiger partial charge in [0.15, 0.2) is 11.5 Å². The number of imide groups is 2. The van der Waals surface area contributed by atoms with E-state index in [1.54, 1.807) is 31.2 Å². The number of carbonyl (C=O) groups is 3. The predicted molar refractivity (Wildman–Crippen MR) is 103 cm³/mol. The zero-order chi connectivity index (χ0) is 19.7. The van der Waals surface area contributed by atoms with Crippen LogP contribution in [0.1, 0.15) is 11.1 Å². The molecule has 8 heteroatoms. The molecule has 1 aliphatic rings. The number of hydrogen-bond acceptors (Lipinski definition) is 5. The second-order valence-electron chi connectivity index (χ2n) is 5.80. The van der Waals surface area contributed by atoms with Crippen molar-refractivity contribution in [2.45, 2.75) is 6.92 Å². The van der Waals surface area contributed by atoms with E-state index in [2.05, 4.69) is 21.2 Å². The molecule has 2 aromatic rings. The zero-order valence-corrected chi connectivity index (χ0v) is 16.0. The lowest BCUT2D eigenvalue weighted by Gasteiger charge is -2.27. The second kappa shape index (κ2) is 7.24. The van der Waals surface area contributed by atoms with Gasteiger partial charge in [-0.25, -0.2) is 9.69 Å². The number of methoxy groups -OCH3 is 1. The Morgan fingerprint density at radius 1 is 1.19 bits per heavy atom. The second-order valence-corrected chi connectivity index (χ2v) is 6.65. The molecule has 0 aromatic heterocycles. The van der Waals surface area contributed by atoms with E-state index in [1.807, 2.05) is 0 Å². The number of para-hydroxylation sites is 1. The highest BCUT2D eigenvalue weighted by Gasteiger charge is 2.37. The molecule has 27 heavy (non-hydrogen) atoms. The monoisotopic (exact) mass is 430 g/mol. The van der Waals surface area contributed by atoms with E-state index in [1.165, 1.54) is 25.3 Å². The van der Waals surface area contributed by atoms with Gasteiger partial charge < -0.3 is 9.84 Å². The molecule has 1 fully saturated rings. The van der Waals surface area contributed by atoms with Gasteiger partial charge in [0.2, 0.25) is 0 Å². The molecule has 7 nitrogen and oxygen atoms in total. The molecule has 1 aliphatic heterocycles. The van der Waals surface area contributed by atoms with Gasteiger partial charge in [0.1, 0.15) is 5.57 Å². The fourth-order valence-corrected chi connectivity index (χ4v) is 3.15. The number of rotatable bonds is 3. The first-order valence-corrected chi connectivity index (χ1v) is 8.66. The molecule has 2 N–H and O–H groups in total. The zero-order valence-electron chi connectivity index (χ0n) is 14.4. The Hall–Kier alpha value is -3.13. The highest BCUT2D eigenvalue weighted by molar-refractivity contribution is 9.10. The number of amides is 4. The fourth-order valence-electron chi connectivity index (χ4n) is 2.69. The van der Waals surface area contributed by atoms with Crippen molar-refractivity contribution < 1.29 is 24.2 Å². The van der Waals surface area contributed by atoms with Crippen LogP contribution in [0.2, 0.25) is 0 Å². The molecule has 138 valence electrons. The van der Waals surface area contributed by atoms with Gasteiger partial charge in [0, 0.05) is 0 Å². The van der Waals surface area contributed by atoms with Gasteiger partial charge in [-0.2, -0.15) is 0 Å². The molecule has 0 saturated carbocycles. The Labute approximate surface area is 163 Å². The number of anilines is 1. The summed E-state index contributed by atoms with van der Waals surface area (Å²) in [5.41, 5.74) is 1.33. The number of ether oxygens (including phenoxy) is 1. The number of urea groups is 1. The molecule has 0 radical (unpaired) electrons. The Morgan fingerprint density at radius 3 is 2.56 bits per heavy atom. The largest absolute Gasteiger partial charge is 0.503 e. The molecule has 3 rings (SSSR count). The Balaban J connectivity index is 2.08. The lowest BCUT2D eigenvalue weighted by atomic mass is 10.1. The quantitative estimate of drug-likeness (QED) is 0.575. The van der Waals surface area contributed by atoms with Gasteiger partial charge in [0.25, 0.3) is 11.8 Å². The Morgan fingerprint density at radius 2 is 1.89 bits per heavy atom. The first-order chi connectivity index (χ1) is 12.8. The molecule has 2 aromatic carbocycles. The minimum Gasteiger partial charge on any atom is -0.503 e. The van der Waals surface area contributed by atoms with Crippen molar-refractivity contribution >= 4 is 45.5 Å². The third-order valence-electron chi connectivity index (χ3n) is 4.04. The molecular weight excluding hydrogens is 416 g/mol. The highest BCUT2D eigenvalue weighted by Crippen LogP contribution is 2.36. The van der Waals surface area contributed by atoms with Crippen molar-refractivity contribution in [3.05, 3.63) is 57.6 Å². The van der Waals surface area contributed by atoms with Crippen LogP contribution >= 0.6 is 15.9 Å². The first kappa shape index (κ1) is 18.7. The van der Waals surface area contributed by atoms with Crippen LogP contribution in [-0.2, 0) is 9.59 Å². The lowest BCUT2D eigenvalue weighted by Crippen LogP contribution is -2.54. The summed E-state index contributed by atoms with van der Waals surface area (Å²) >= 11 is 3.19. The van der Waals surface area contributed by atoms with Crippen molar-refractivity contribution in [2.24, 2.45) is 0 Å². The van der Waals surface area contributed by atoms with Crippen molar-refractivity contribution in [1.29, 1.82) is 0 Å². The molecule has 0 atom stereocenters. The third-order valence-corrected chi connectivity index (χ3v) is 4.64. The SMILES string of the molecule is COc1cc(/C=C2\C(=O)NC(=O)N(c3ccccc3C)C2=O)cc(Br)c1O. The Bertz CT molecular complexity index is 1000. The number of carbonyl (C=O) groups excluding carboxylic acids is 3. The van der Waals surface area contributed by atoms with E-state index in [0.717, 1.165) is 4.90 Å². The predicted octanol–water partition coefficient (Wildman–Crippen LogP) is 3.14. The maximum atomic E-state index is 12.9. The molecule has 4 amide bonds. The standard InChI is InChI=1S/C19H15BrN2O5/c1-10-5-3-4-6-14(10)22-18(25)12(17(24)21-19(22)26)7-11-8-13(20)16(23)15(9-11)27-2/h3-9,23H,1-2H3,(H,21,24,26)/b12-7+. The number of nitrogens with one attached hydrogen (secondary N) is 1. The minimum absolute atomic E-state index is 0.101. The summed E-state index contributed by atoms with van der Waals surface area (Å²) in [5, 5.41) is 12.1. The average molecular weight is 431 g/mol. The van der Waals surface area contributed by atoms with Crippen molar-refractivity contribution in [1.82, 2.24) is 5.32 Å². The molecule has 0 unspecified atom stereocenters. The van der Waals surface area contributed by atoms with E-state index >= 15 is 0 Å². The number of nitrogens with zero attached hydrogens (tertiary/aromatic N) is 1. The van der Waals surface area contributed by atoms with Crippen LogP contribution in [0.15, 0.2) is 46.4 Å². The normalized spacial score (nSPS) is 15.9. The van der Waals surface area contributed by atoms with Gasteiger partial charge in [-0.1, -0.05) is 18.2 Å². The number of aryl methyl sites for hydroxylation is 1. The van der Waals surface area contributed by atoms with E-state index in [4.69, 9.17) is 4.74 Å². The van der Waals surface area contributed by atoms with Crippen molar-refractivity contribution in [3.8, 4) is 11.5 Å². The number of aromatic hydroxyl groups is 1. The van der Waals surface area contributed by atoms with E-state index < -0.39 is 17.8 Å². The van der Waals surface area contributed by atoms with E-state index in [-0.39, 0.29) is 17.1 Å². The molecule has 1 saturated heterocycles. The summed E-state index contributed by atoms with van der Waals surface area (Å²) in [4.78, 5) is 38.3. The van der Waals surface area contributed by atoms with Crippen LogP contribution < -0.4 is 15.0 Å².